The zero-order valence-electron chi connectivity index (χ0n) is 14.3. The van der Waals surface area contributed by atoms with Crippen molar-refractivity contribution in [1.29, 1.82) is 0 Å². The van der Waals surface area contributed by atoms with Gasteiger partial charge in [0.05, 0.1) is 17.9 Å². The highest BCUT2D eigenvalue weighted by molar-refractivity contribution is 6.35. The monoisotopic (exact) mass is 349 g/mol. The second kappa shape index (κ2) is 5.59. The van der Waals surface area contributed by atoms with Crippen LogP contribution in [0, 0.1) is 5.92 Å². The van der Waals surface area contributed by atoms with Crippen molar-refractivity contribution in [3.05, 3.63) is 42.2 Å². The summed E-state index contributed by atoms with van der Waals surface area (Å²) in [6.07, 6.45) is 4.94. The largest absolute Gasteiger partial charge is 0.327 e. The van der Waals surface area contributed by atoms with E-state index in [1.54, 1.807) is 11.1 Å². The van der Waals surface area contributed by atoms with Crippen LogP contribution in [0.2, 0.25) is 0 Å². The Balaban J connectivity index is 1.26. The number of carbonyl (C=O) groups is 2. The molecule has 0 atom stereocenters. The first kappa shape index (κ1) is 15.4. The molecule has 6 rings (SSSR count). The molecule has 3 saturated carbocycles. The number of nitrogens with zero attached hydrogens (tertiary/aromatic N) is 5. The summed E-state index contributed by atoms with van der Waals surface area (Å²) in [6.45, 7) is 1.49. The topological polar surface area (TPSA) is 79.3 Å². The first-order valence-corrected chi connectivity index (χ1v) is 9.00. The molecule has 132 valence electrons. The van der Waals surface area contributed by atoms with Gasteiger partial charge >= 0.3 is 11.8 Å². The van der Waals surface area contributed by atoms with Crippen LogP contribution in [0.4, 0.5) is 0 Å². The minimum absolute atomic E-state index is 0.00758. The molecule has 7 nitrogen and oxygen atoms in total. The van der Waals surface area contributed by atoms with Gasteiger partial charge in [0.15, 0.2) is 0 Å². The maximum absolute atomic E-state index is 12.5. The predicted octanol–water partition coefficient (Wildman–Crippen LogP) is 1.26. The fourth-order valence-electron chi connectivity index (χ4n) is 4.33. The Labute approximate surface area is 151 Å². The highest BCUT2D eigenvalue weighted by atomic mass is 16.2. The maximum Gasteiger partial charge on any atom is 0.312 e. The average Bonchev–Trinajstić information content (AvgIpc) is 2.60. The second-order valence-corrected chi connectivity index (χ2v) is 7.51. The Morgan fingerprint density at radius 3 is 2.42 bits per heavy atom. The molecule has 2 aromatic heterocycles. The van der Waals surface area contributed by atoms with Gasteiger partial charge in [0, 0.05) is 24.8 Å². The van der Waals surface area contributed by atoms with Crippen molar-refractivity contribution in [2.75, 3.05) is 13.1 Å². The zero-order chi connectivity index (χ0) is 17.7. The standard InChI is InChI=1S/C19H19N5O2/c25-17-18(26)24(19-9-13(10-19)11-19)8-7-23(17)12-14-4-5-16(22-21-14)15-3-1-2-6-20-15/h1-6,13H,7-12H2. The van der Waals surface area contributed by atoms with E-state index in [2.05, 4.69) is 15.2 Å². The molecule has 0 unspecified atom stereocenters. The lowest BCUT2D eigenvalue weighted by Crippen LogP contribution is -2.73. The molecule has 0 aromatic carbocycles. The summed E-state index contributed by atoms with van der Waals surface area (Å²) >= 11 is 0. The van der Waals surface area contributed by atoms with Crippen LogP contribution in [-0.4, -0.2) is 55.4 Å². The molecule has 2 bridgehead atoms. The van der Waals surface area contributed by atoms with Gasteiger partial charge in [-0.05, 0) is 49.4 Å². The molecule has 3 heterocycles. The lowest BCUT2D eigenvalue weighted by molar-refractivity contribution is -0.186. The number of hydrogen-bond acceptors (Lipinski definition) is 5. The van der Waals surface area contributed by atoms with Gasteiger partial charge in [-0.1, -0.05) is 6.07 Å². The molecule has 7 heteroatoms. The minimum atomic E-state index is -0.420. The highest BCUT2D eigenvalue weighted by Gasteiger charge is 2.62. The summed E-state index contributed by atoms with van der Waals surface area (Å²) in [5.41, 5.74) is 2.12. The molecule has 2 amide bonds. The van der Waals surface area contributed by atoms with Crippen molar-refractivity contribution in [1.82, 2.24) is 25.0 Å². The first-order chi connectivity index (χ1) is 12.6. The Morgan fingerprint density at radius 2 is 1.81 bits per heavy atom. The van der Waals surface area contributed by atoms with Gasteiger partial charge in [-0.15, -0.1) is 5.10 Å². The van der Waals surface area contributed by atoms with Crippen molar-refractivity contribution in [3.8, 4) is 11.4 Å². The van der Waals surface area contributed by atoms with E-state index in [9.17, 15) is 9.59 Å². The van der Waals surface area contributed by atoms with E-state index in [1.807, 2.05) is 35.2 Å². The van der Waals surface area contributed by atoms with Gasteiger partial charge in [0.2, 0.25) is 0 Å². The zero-order valence-corrected chi connectivity index (χ0v) is 14.3. The van der Waals surface area contributed by atoms with Crippen LogP contribution in [0.3, 0.4) is 0 Å². The number of piperazine rings is 1. The molecule has 4 aliphatic rings. The van der Waals surface area contributed by atoms with Crippen molar-refractivity contribution in [3.63, 3.8) is 0 Å². The number of aromatic nitrogens is 3. The van der Waals surface area contributed by atoms with Crippen molar-refractivity contribution < 1.29 is 9.59 Å². The molecule has 0 radical (unpaired) electrons. The Hall–Kier alpha value is -2.83. The van der Waals surface area contributed by atoms with Crippen LogP contribution >= 0.6 is 0 Å². The predicted molar refractivity (Wildman–Crippen MR) is 92.5 cm³/mol. The third kappa shape index (κ3) is 2.30. The maximum atomic E-state index is 12.5. The Kier molecular flexibility index (Phi) is 3.32. The lowest BCUT2D eigenvalue weighted by atomic mass is 9.49. The van der Waals surface area contributed by atoms with Crippen molar-refractivity contribution >= 4 is 11.8 Å². The van der Waals surface area contributed by atoms with Crippen LogP contribution in [-0.2, 0) is 16.1 Å². The van der Waals surface area contributed by atoms with Crippen LogP contribution in [0.5, 0.6) is 0 Å². The average molecular weight is 349 g/mol. The van der Waals surface area contributed by atoms with E-state index in [0.29, 0.717) is 31.0 Å². The fraction of sp³-hybridized carbons (Fsp3) is 0.421. The van der Waals surface area contributed by atoms with E-state index in [1.165, 1.54) is 0 Å². The highest BCUT2D eigenvalue weighted by Crippen LogP contribution is 2.60. The summed E-state index contributed by atoms with van der Waals surface area (Å²) in [4.78, 5) is 32.7. The lowest BCUT2D eigenvalue weighted by Gasteiger charge is -2.66. The number of hydrogen-bond donors (Lipinski definition) is 0. The molecular formula is C19H19N5O2. The smallest absolute Gasteiger partial charge is 0.312 e. The summed E-state index contributed by atoms with van der Waals surface area (Å²) in [6, 6.07) is 9.29. The first-order valence-electron chi connectivity index (χ1n) is 9.00. The molecule has 2 aromatic rings. The van der Waals surface area contributed by atoms with E-state index in [0.717, 1.165) is 30.9 Å². The van der Waals surface area contributed by atoms with Gasteiger partial charge in [-0.25, -0.2) is 0 Å². The van der Waals surface area contributed by atoms with Crippen LogP contribution in [0.25, 0.3) is 11.4 Å². The molecule has 4 fully saturated rings. The molecule has 26 heavy (non-hydrogen) atoms. The molecule has 1 saturated heterocycles. The van der Waals surface area contributed by atoms with E-state index < -0.39 is 5.91 Å². The Bertz CT molecular complexity index is 850. The molecule has 3 aliphatic carbocycles. The SMILES string of the molecule is O=C1C(=O)N(C23CC(C2)C3)CCN1Cc1ccc(-c2ccccn2)nn1. The van der Waals surface area contributed by atoms with E-state index in [-0.39, 0.29) is 11.4 Å². The van der Waals surface area contributed by atoms with Gasteiger partial charge in [0.25, 0.3) is 0 Å². The molecule has 0 N–H and O–H groups in total. The summed E-state index contributed by atoms with van der Waals surface area (Å²) in [5.74, 6) is 0.00728. The number of amides is 2. The summed E-state index contributed by atoms with van der Waals surface area (Å²) in [7, 11) is 0. The number of carbonyl (C=O) groups excluding carboxylic acids is 2. The van der Waals surface area contributed by atoms with Crippen LogP contribution in [0.15, 0.2) is 36.5 Å². The van der Waals surface area contributed by atoms with Crippen molar-refractivity contribution in [2.24, 2.45) is 5.92 Å². The normalized spacial score (nSPS) is 27.2. The third-order valence-electron chi connectivity index (χ3n) is 5.89. The molecular weight excluding hydrogens is 330 g/mol. The number of rotatable bonds is 4. The van der Waals surface area contributed by atoms with Gasteiger partial charge in [-0.3, -0.25) is 14.6 Å². The van der Waals surface area contributed by atoms with E-state index >= 15 is 0 Å². The van der Waals surface area contributed by atoms with Gasteiger partial charge in [0.1, 0.15) is 5.69 Å². The van der Waals surface area contributed by atoms with Gasteiger partial charge < -0.3 is 9.80 Å². The third-order valence-corrected chi connectivity index (χ3v) is 5.89. The van der Waals surface area contributed by atoms with Gasteiger partial charge in [-0.2, -0.15) is 5.10 Å². The minimum Gasteiger partial charge on any atom is -0.327 e. The fourth-order valence-corrected chi connectivity index (χ4v) is 4.33. The molecule has 0 spiro atoms. The number of pyridine rings is 1. The summed E-state index contributed by atoms with van der Waals surface area (Å²) in [5, 5.41) is 8.40. The Morgan fingerprint density at radius 1 is 0.962 bits per heavy atom. The van der Waals surface area contributed by atoms with Crippen molar-refractivity contribution in [2.45, 2.75) is 31.3 Å². The summed E-state index contributed by atoms with van der Waals surface area (Å²) < 4.78 is 0. The van der Waals surface area contributed by atoms with Crippen LogP contribution < -0.4 is 0 Å². The quantitative estimate of drug-likeness (QED) is 0.777. The second-order valence-electron chi connectivity index (χ2n) is 7.51. The molecule has 1 aliphatic heterocycles. The van der Waals surface area contributed by atoms with Crippen LogP contribution in [0.1, 0.15) is 25.0 Å². The van der Waals surface area contributed by atoms with E-state index in [4.69, 9.17) is 0 Å².